The van der Waals surface area contributed by atoms with Crippen molar-refractivity contribution >= 4 is 33.5 Å². The molecule has 0 saturated heterocycles. The lowest BCUT2D eigenvalue weighted by Gasteiger charge is -2.04. The summed E-state index contributed by atoms with van der Waals surface area (Å²) in [6.45, 7) is 3.88. The van der Waals surface area contributed by atoms with E-state index < -0.39 is 0 Å². The van der Waals surface area contributed by atoms with Gasteiger partial charge >= 0.3 is 0 Å². The van der Waals surface area contributed by atoms with Gasteiger partial charge in [-0.3, -0.25) is 4.68 Å². The average Bonchev–Trinajstić information content (AvgIpc) is 2.50. The van der Waals surface area contributed by atoms with Crippen LogP contribution >= 0.6 is 27.7 Å². The van der Waals surface area contributed by atoms with Gasteiger partial charge in [0.05, 0.1) is 15.9 Å². The van der Waals surface area contributed by atoms with Gasteiger partial charge in [-0.05, 0) is 29.8 Å². The predicted molar refractivity (Wildman–Crippen MR) is 76.4 cm³/mol. The molecule has 0 aromatic carbocycles. The van der Waals surface area contributed by atoms with Crippen molar-refractivity contribution in [3.8, 4) is 0 Å². The second-order valence-corrected chi connectivity index (χ2v) is 5.71. The van der Waals surface area contributed by atoms with Crippen LogP contribution in [-0.2, 0) is 12.8 Å². The zero-order chi connectivity index (χ0) is 13.3. The highest BCUT2D eigenvalue weighted by Gasteiger charge is 2.11. The van der Waals surface area contributed by atoms with E-state index in [0.717, 1.165) is 27.3 Å². The molecule has 5 nitrogen and oxygen atoms in total. The number of nitrogens with zero attached hydrogens (tertiary/aromatic N) is 4. The Labute approximate surface area is 118 Å². The summed E-state index contributed by atoms with van der Waals surface area (Å²) in [5, 5.41) is 5.04. The third-order valence-electron chi connectivity index (χ3n) is 2.45. The van der Waals surface area contributed by atoms with E-state index in [4.69, 9.17) is 5.73 Å². The van der Waals surface area contributed by atoms with Crippen LogP contribution in [0, 0.1) is 13.8 Å². The van der Waals surface area contributed by atoms with Crippen molar-refractivity contribution in [3.05, 3.63) is 27.6 Å². The van der Waals surface area contributed by atoms with Crippen LogP contribution in [0.15, 0.2) is 15.7 Å². The Bertz CT molecular complexity index is 561. The zero-order valence-electron chi connectivity index (χ0n) is 10.4. The van der Waals surface area contributed by atoms with Crippen LogP contribution < -0.4 is 5.73 Å². The summed E-state index contributed by atoms with van der Waals surface area (Å²) in [6.07, 6.45) is 0. The predicted octanol–water partition coefficient (Wildman–Crippen LogP) is 2.46. The Morgan fingerprint density at radius 1 is 1.39 bits per heavy atom. The standard InChI is InChI=1S/C11H14BrN5S/c1-6-4-9(13)15-11(14-6)18-5-8-10(12)7(2)16-17(8)3/h4H,5H2,1-3H3,(H2,13,14,15). The topological polar surface area (TPSA) is 69.6 Å². The molecule has 0 unspecified atom stereocenters. The van der Waals surface area contributed by atoms with E-state index in [1.165, 1.54) is 0 Å². The zero-order valence-corrected chi connectivity index (χ0v) is 12.8. The minimum Gasteiger partial charge on any atom is -0.384 e. The molecule has 0 bridgehead atoms. The molecule has 96 valence electrons. The molecule has 7 heteroatoms. The van der Waals surface area contributed by atoms with E-state index in [-0.39, 0.29) is 0 Å². The smallest absolute Gasteiger partial charge is 0.190 e. The molecule has 18 heavy (non-hydrogen) atoms. The van der Waals surface area contributed by atoms with Gasteiger partial charge in [0.25, 0.3) is 0 Å². The third-order valence-corrected chi connectivity index (χ3v) is 4.34. The highest BCUT2D eigenvalue weighted by Crippen LogP contribution is 2.27. The first-order chi connectivity index (χ1) is 8.47. The summed E-state index contributed by atoms with van der Waals surface area (Å²) in [5.74, 6) is 1.26. The van der Waals surface area contributed by atoms with Gasteiger partial charge in [0.2, 0.25) is 0 Å². The minimum absolute atomic E-state index is 0.505. The third kappa shape index (κ3) is 2.84. The fourth-order valence-corrected chi connectivity index (χ4v) is 3.24. The molecule has 0 spiro atoms. The number of aromatic nitrogens is 4. The van der Waals surface area contributed by atoms with E-state index in [9.17, 15) is 0 Å². The normalized spacial score (nSPS) is 10.9. The number of hydrogen-bond acceptors (Lipinski definition) is 5. The molecular formula is C11H14BrN5S. The molecule has 0 aliphatic heterocycles. The van der Waals surface area contributed by atoms with E-state index in [1.807, 2.05) is 25.6 Å². The monoisotopic (exact) mass is 327 g/mol. The second kappa shape index (κ2) is 5.27. The minimum atomic E-state index is 0.505. The van der Waals surface area contributed by atoms with Crippen molar-refractivity contribution in [2.75, 3.05) is 5.73 Å². The first kappa shape index (κ1) is 13.4. The van der Waals surface area contributed by atoms with Gasteiger partial charge in [-0.2, -0.15) is 5.10 Å². The molecule has 0 fully saturated rings. The number of anilines is 1. The Kier molecular flexibility index (Phi) is 3.91. The maximum Gasteiger partial charge on any atom is 0.190 e. The fraction of sp³-hybridized carbons (Fsp3) is 0.364. The SMILES string of the molecule is Cc1cc(N)nc(SCc2c(Br)c(C)nn2C)n1. The molecule has 0 aliphatic carbocycles. The Morgan fingerprint density at radius 2 is 2.11 bits per heavy atom. The maximum absolute atomic E-state index is 5.70. The lowest BCUT2D eigenvalue weighted by atomic mass is 10.4. The molecule has 0 radical (unpaired) electrons. The lowest BCUT2D eigenvalue weighted by Crippen LogP contribution is -1.99. The molecule has 0 saturated carbocycles. The average molecular weight is 328 g/mol. The van der Waals surface area contributed by atoms with E-state index in [0.29, 0.717) is 11.0 Å². The van der Waals surface area contributed by atoms with Crippen molar-refractivity contribution in [2.24, 2.45) is 7.05 Å². The summed E-state index contributed by atoms with van der Waals surface area (Å²) >= 11 is 5.09. The number of halogens is 1. The van der Waals surface area contributed by atoms with Gasteiger partial charge in [-0.25, -0.2) is 9.97 Å². The molecular weight excluding hydrogens is 314 g/mol. The Morgan fingerprint density at radius 3 is 2.67 bits per heavy atom. The number of aryl methyl sites for hydroxylation is 3. The number of thioether (sulfide) groups is 1. The van der Waals surface area contributed by atoms with E-state index in [2.05, 4.69) is 31.0 Å². The van der Waals surface area contributed by atoms with E-state index >= 15 is 0 Å². The number of hydrogen-bond donors (Lipinski definition) is 1. The molecule has 2 heterocycles. The molecule has 0 atom stereocenters. The quantitative estimate of drug-likeness (QED) is 0.692. The Hall–Kier alpha value is -1.08. The van der Waals surface area contributed by atoms with Gasteiger partial charge in [0.1, 0.15) is 5.82 Å². The van der Waals surface area contributed by atoms with Crippen LogP contribution in [0.3, 0.4) is 0 Å². The summed E-state index contributed by atoms with van der Waals surface area (Å²) in [4.78, 5) is 8.54. The van der Waals surface area contributed by atoms with Crippen molar-refractivity contribution < 1.29 is 0 Å². The molecule has 0 aliphatic rings. The second-order valence-electron chi connectivity index (χ2n) is 3.98. The van der Waals surface area contributed by atoms with E-state index in [1.54, 1.807) is 17.8 Å². The lowest BCUT2D eigenvalue weighted by molar-refractivity contribution is 0.726. The highest BCUT2D eigenvalue weighted by molar-refractivity contribution is 9.10. The van der Waals surface area contributed by atoms with Crippen LogP contribution in [-0.4, -0.2) is 19.7 Å². The van der Waals surface area contributed by atoms with Crippen molar-refractivity contribution in [1.29, 1.82) is 0 Å². The summed E-state index contributed by atoms with van der Waals surface area (Å²) in [6, 6.07) is 1.76. The highest BCUT2D eigenvalue weighted by atomic mass is 79.9. The van der Waals surface area contributed by atoms with Gasteiger partial charge in [0.15, 0.2) is 5.16 Å². The van der Waals surface area contributed by atoms with Gasteiger partial charge in [-0.1, -0.05) is 11.8 Å². The van der Waals surface area contributed by atoms with Crippen LogP contribution in [0.2, 0.25) is 0 Å². The molecule has 2 aromatic rings. The van der Waals surface area contributed by atoms with Crippen LogP contribution in [0.25, 0.3) is 0 Å². The van der Waals surface area contributed by atoms with Crippen LogP contribution in [0.4, 0.5) is 5.82 Å². The van der Waals surface area contributed by atoms with Gasteiger partial charge in [0, 0.05) is 24.6 Å². The van der Waals surface area contributed by atoms with Crippen LogP contribution in [0.5, 0.6) is 0 Å². The summed E-state index contributed by atoms with van der Waals surface area (Å²) in [5.41, 5.74) is 8.68. The Balaban J connectivity index is 2.16. The number of rotatable bonds is 3. The summed E-state index contributed by atoms with van der Waals surface area (Å²) < 4.78 is 2.91. The molecule has 2 aromatic heterocycles. The van der Waals surface area contributed by atoms with Crippen molar-refractivity contribution in [2.45, 2.75) is 24.8 Å². The molecule has 2 rings (SSSR count). The maximum atomic E-state index is 5.70. The molecule has 0 amide bonds. The first-order valence-electron chi connectivity index (χ1n) is 5.39. The largest absolute Gasteiger partial charge is 0.384 e. The first-order valence-corrected chi connectivity index (χ1v) is 7.17. The summed E-state index contributed by atoms with van der Waals surface area (Å²) in [7, 11) is 1.93. The van der Waals surface area contributed by atoms with Gasteiger partial charge < -0.3 is 5.73 Å². The van der Waals surface area contributed by atoms with Crippen molar-refractivity contribution in [3.63, 3.8) is 0 Å². The van der Waals surface area contributed by atoms with Gasteiger partial charge in [-0.15, -0.1) is 0 Å². The fourth-order valence-electron chi connectivity index (χ4n) is 1.60. The van der Waals surface area contributed by atoms with Crippen LogP contribution in [0.1, 0.15) is 17.1 Å². The number of nitrogen functional groups attached to an aromatic ring is 1. The van der Waals surface area contributed by atoms with Crippen molar-refractivity contribution in [1.82, 2.24) is 19.7 Å². The molecule has 2 N–H and O–H groups in total. The number of nitrogens with two attached hydrogens (primary N) is 1.